The number of esters is 1. The molecule has 0 radical (unpaired) electrons. The fourth-order valence-electron chi connectivity index (χ4n) is 1.38. The molecule has 0 saturated heterocycles. The van der Waals surface area contributed by atoms with Crippen LogP contribution in [-0.4, -0.2) is 23.0 Å². The molecule has 0 amide bonds. The summed E-state index contributed by atoms with van der Waals surface area (Å²) in [7, 11) is 1.23. The van der Waals surface area contributed by atoms with E-state index in [1.54, 1.807) is 12.1 Å². The number of carbonyl (C=O) groups excluding carboxylic acids is 1. The van der Waals surface area contributed by atoms with Gasteiger partial charge in [0.2, 0.25) is 0 Å². The van der Waals surface area contributed by atoms with Gasteiger partial charge in [0.05, 0.1) is 12.7 Å². The van der Waals surface area contributed by atoms with Crippen LogP contribution < -0.4 is 0 Å². The Hall–Kier alpha value is -2.01. The molecule has 1 heterocycles. The van der Waals surface area contributed by atoms with Gasteiger partial charge in [0, 0.05) is 6.20 Å². The van der Waals surface area contributed by atoms with Crippen LogP contribution in [-0.2, 0) is 4.74 Å². The molecule has 18 heavy (non-hydrogen) atoms. The van der Waals surface area contributed by atoms with Gasteiger partial charge in [-0.2, -0.15) is 0 Å². The summed E-state index contributed by atoms with van der Waals surface area (Å²) in [6.45, 7) is 0. The summed E-state index contributed by atoms with van der Waals surface area (Å²) in [6.07, 6.45) is 1.21. The van der Waals surface area contributed by atoms with E-state index in [1.807, 2.05) is 0 Å². The number of halogens is 2. The zero-order valence-electron chi connectivity index (χ0n) is 9.35. The monoisotopic (exact) mass is 266 g/mol. The molecular formula is C12H8ClFN2O2. The number of benzene rings is 1. The van der Waals surface area contributed by atoms with Crippen molar-refractivity contribution in [2.24, 2.45) is 0 Å². The molecule has 6 heteroatoms. The van der Waals surface area contributed by atoms with Gasteiger partial charge in [-0.1, -0.05) is 23.7 Å². The third-order valence-corrected chi connectivity index (χ3v) is 2.55. The Balaban J connectivity index is 2.47. The van der Waals surface area contributed by atoms with Crippen LogP contribution in [0.1, 0.15) is 10.4 Å². The lowest BCUT2D eigenvalue weighted by molar-refractivity contribution is 0.0600. The van der Waals surface area contributed by atoms with E-state index in [1.165, 1.54) is 25.4 Å². The van der Waals surface area contributed by atoms with Crippen molar-refractivity contribution in [3.05, 3.63) is 47.0 Å². The van der Waals surface area contributed by atoms with Crippen LogP contribution >= 0.6 is 11.6 Å². The molecule has 4 nitrogen and oxygen atoms in total. The van der Waals surface area contributed by atoms with Gasteiger partial charge in [-0.05, 0) is 12.1 Å². The number of methoxy groups -OCH3 is 1. The minimum atomic E-state index is -0.639. The third kappa shape index (κ3) is 2.31. The molecule has 0 spiro atoms. The highest BCUT2D eigenvalue weighted by Gasteiger charge is 2.15. The average Bonchev–Trinajstić information content (AvgIpc) is 2.38. The van der Waals surface area contributed by atoms with Gasteiger partial charge in [-0.3, -0.25) is 0 Å². The van der Waals surface area contributed by atoms with Gasteiger partial charge in [0.15, 0.2) is 5.82 Å². The Bertz CT molecular complexity index is 604. The van der Waals surface area contributed by atoms with E-state index in [-0.39, 0.29) is 22.1 Å². The molecule has 0 fully saturated rings. The molecule has 92 valence electrons. The fraction of sp³-hybridized carbons (Fsp3) is 0.0833. The minimum absolute atomic E-state index is 0.0410. The quantitative estimate of drug-likeness (QED) is 0.619. The van der Waals surface area contributed by atoms with Crippen molar-refractivity contribution in [1.29, 1.82) is 0 Å². The Morgan fingerprint density at radius 2 is 2.11 bits per heavy atom. The smallest absolute Gasteiger partial charge is 0.342 e. The molecule has 1 aromatic carbocycles. The van der Waals surface area contributed by atoms with E-state index >= 15 is 0 Å². The van der Waals surface area contributed by atoms with Gasteiger partial charge in [0.25, 0.3) is 0 Å². The highest BCUT2D eigenvalue weighted by atomic mass is 35.5. The standard InChI is InChI=1S/C12H8ClFN2O2/c1-18-12(17)8-6-15-11(16-10(8)13)7-4-2-3-5-9(7)14/h2-6H,1H3. The molecule has 2 rings (SSSR count). The van der Waals surface area contributed by atoms with Crippen LogP contribution in [0.25, 0.3) is 11.4 Å². The largest absolute Gasteiger partial charge is 0.465 e. The van der Waals surface area contributed by atoms with E-state index in [4.69, 9.17) is 11.6 Å². The Morgan fingerprint density at radius 1 is 1.39 bits per heavy atom. The maximum absolute atomic E-state index is 13.5. The van der Waals surface area contributed by atoms with Crippen LogP contribution in [0.5, 0.6) is 0 Å². The first kappa shape index (κ1) is 12.4. The van der Waals surface area contributed by atoms with Crippen LogP contribution in [0.4, 0.5) is 4.39 Å². The van der Waals surface area contributed by atoms with Crippen molar-refractivity contribution in [1.82, 2.24) is 9.97 Å². The molecule has 0 unspecified atom stereocenters. The van der Waals surface area contributed by atoms with E-state index < -0.39 is 11.8 Å². The highest BCUT2D eigenvalue weighted by Crippen LogP contribution is 2.22. The maximum atomic E-state index is 13.5. The van der Waals surface area contributed by atoms with E-state index in [0.717, 1.165) is 0 Å². The van der Waals surface area contributed by atoms with Crippen LogP contribution in [0.15, 0.2) is 30.5 Å². The van der Waals surface area contributed by atoms with Gasteiger partial charge >= 0.3 is 5.97 Å². The second-order valence-corrected chi connectivity index (χ2v) is 3.73. The van der Waals surface area contributed by atoms with Gasteiger partial charge < -0.3 is 4.74 Å². The molecule has 0 bridgehead atoms. The molecular weight excluding hydrogens is 259 g/mol. The summed E-state index contributed by atoms with van der Waals surface area (Å²) in [6, 6.07) is 6.03. The van der Waals surface area contributed by atoms with Gasteiger partial charge in [0.1, 0.15) is 16.5 Å². The lowest BCUT2D eigenvalue weighted by Gasteiger charge is -2.04. The first-order valence-corrected chi connectivity index (χ1v) is 5.37. The number of hydrogen-bond donors (Lipinski definition) is 0. The van der Waals surface area contributed by atoms with E-state index in [0.29, 0.717) is 0 Å². The molecule has 0 saturated carbocycles. The number of carbonyl (C=O) groups is 1. The second kappa shape index (κ2) is 5.10. The SMILES string of the molecule is COC(=O)c1cnc(-c2ccccc2F)nc1Cl. The predicted molar refractivity (Wildman–Crippen MR) is 63.8 cm³/mol. The fourth-order valence-corrected chi connectivity index (χ4v) is 1.59. The van der Waals surface area contributed by atoms with Crippen molar-refractivity contribution in [2.45, 2.75) is 0 Å². The summed E-state index contributed by atoms with van der Waals surface area (Å²) in [5.41, 5.74) is 0.259. The molecule has 0 aliphatic carbocycles. The first-order valence-electron chi connectivity index (χ1n) is 4.99. The molecule has 0 atom stereocenters. The number of ether oxygens (including phenoxy) is 1. The minimum Gasteiger partial charge on any atom is -0.465 e. The lowest BCUT2D eigenvalue weighted by Crippen LogP contribution is -2.05. The van der Waals surface area contributed by atoms with Gasteiger partial charge in [-0.25, -0.2) is 19.2 Å². The number of aromatic nitrogens is 2. The Labute approximate surface area is 107 Å². The van der Waals surface area contributed by atoms with Crippen LogP contribution in [0.2, 0.25) is 5.15 Å². The summed E-state index contributed by atoms with van der Waals surface area (Å²) in [4.78, 5) is 19.1. The Kier molecular flexibility index (Phi) is 3.53. The van der Waals surface area contributed by atoms with E-state index in [2.05, 4.69) is 14.7 Å². The zero-order chi connectivity index (χ0) is 13.1. The third-order valence-electron chi connectivity index (χ3n) is 2.26. The van der Waals surface area contributed by atoms with Crippen molar-refractivity contribution in [3.8, 4) is 11.4 Å². The Morgan fingerprint density at radius 3 is 2.72 bits per heavy atom. The number of nitrogens with zero attached hydrogens (tertiary/aromatic N) is 2. The van der Waals surface area contributed by atoms with Crippen molar-refractivity contribution >= 4 is 17.6 Å². The molecule has 0 N–H and O–H groups in total. The lowest BCUT2D eigenvalue weighted by atomic mass is 10.2. The number of hydrogen-bond acceptors (Lipinski definition) is 4. The summed E-state index contributed by atoms with van der Waals surface area (Å²) >= 11 is 5.83. The average molecular weight is 267 g/mol. The zero-order valence-corrected chi connectivity index (χ0v) is 10.1. The first-order chi connectivity index (χ1) is 8.63. The summed E-state index contributed by atoms with van der Waals surface area (Å²) in [5, 5.41) is -0.0740. The van der Waals surface area contributed by atoms with Crippen LogP contribution in [0, 0.1) is 5.82 Å². The predicted octanol–water partition coefficient (Wildman–Crippen LogP) is 2.72. The molecule has 0 aliphatic heterocycles. The second-order valence-electron chi connectivity index (χ2n) is 3.37. The van der Waals surface area contributed by atoms with Crippen LogP contribution in [0.3, 0.4) is 0 Å². The van der Waals surface area contributed by atoms with E-state index in [9.17, 15) is 9.18 Å². The highest BCUT2D eigenvalue weighted by molar-refractivity contribution is 6.32. The molecule has 0 aliphatic rings. The van der Waals surface area contributed by atoms with Gasteiger partial charge in [-0.15, -0.1) is 0 Å². The maximum Gasteiger partial charge on any atom is 0.342 e. The van der Waals surface area contributed by atoms with Crippen molar-refractivity contribution < 1.29 is 13.9 Å². The summed E-state index contributed by atoms with van der Waals surface area (Å²) < 4.78 is 18.0. The number of rotatable bonds is 2. The molecule has 1 aromatic heterocycles. The summed E-state index contributed by atoms with van der Waals surface area (Å²) in [5.74, 6) is -0.981. The molecule has 2 aromatic rings. The van der Waals surface area contributed by atoms with Crippen molar-refractivity contribution in [3.63, 3.8) is 0 Å². The van der Waals surface area contributed by atoms with Crippen molar-refractivity contribution in [2.75, 3.05) is 7.11 Å². The topological polar surface area (TPSA) is 52.1 Å². The normalized spacial score (nSPS) is 10.2.